The number of urea groups is 1. The molecule has 2 fully saturated rings. The highest BCUT2D eigenvalue weighted by Crippen LogP contribution is 2.22. The van der Waals surface area contributed by atoms with E-state index in [1.807, 2.05) is 12.1 Å². The molecule has 0 unspecified atom stereocenters. The molecule has 1 saturated heterocycles. The first kappa shape index (κ1) is 16.1. The van der Waals surface area contributed by atoms with E-state index in [2.05, 4.69) is 5.32 Å². The molecule has 0 spiro atoms. The van der Waals surface area contributed by atoms with Crippen molar-refractivity contribution in [1.29, 1.82) is 0 Å². The van der Waals surface area contributed by atoms with E-state index in [0.717, 1.165) is 18.5 Å². The molecule has 3 rings (SSSR count). The van der Waals surface area contributed by atoms with Crippen LogP contribution in [0.1, 0.15) is 32.1 Å². The fourth-order valence-electron chi connectivity index (χ4n) is 3.28. The molecule has 1 aromatic carbocycles. The van der Waals surface area contributed by atoms with Crippen molar-refractivity contribution in [3.05, 3.63) is 29.3 Å². The quantitative estimate of drug-likeness (QED) is 0.919. The Bertz CT molecular complexity index is 570. The molecule has 1 aromatic rings. The van der Waals surface area contributed by atoms with Crippen molar-refractivity contribution in [2.24, 2.45) is 0 Å². The number of benzene rings is 1. The molecule has 1 N–H and O–H groups in total. The van der Waals surface area contributed by atoms with Crippen LogP contribution in [-0.4, -0.2) is 42.5 Å². The van der Waals surface area contributed by atoms with Crippen molar-refractivity contribution >= 4 is 29.2 Å². The van der Waals surface area contributed by atoms with Gasteiger partial charge in [-0.15, -0.1) is 0 Å². The van der Waals surface area contributed by atoms with Gasteiger partial charge in [-0.3, -0.25) is 9.69 Å². The molecule has 1 heterocycles. The van der Waals surface area contributed by atoms with Crippen LogP contribution in [0.15, 0.2) is 24.3 Å². The van der Waals surface area contributed by atoms with Crippen molar-refractivity contribution in [3.63, 3.8) is 0 Å². The van der Waals surface area contributed by atoms with Crippen LogP contribution < -0.4 is 10.2 Å². The molecule has 0 bridgehead atoms. The lowest BCUT2D eigenvalue weighted by atomic mass is 9.95. The third-order valence-corrected chi connectivity index (χ3v) is 4.79. The third kappa shape index (κ3) is 3.96. The van der Waals surface area contributed by atoms with E-state index in [9.17, 15) is 9.59 Å². The van der Waals surface area contributed by atoms with Crippen LogP contribution in [-0.2, 0) is 4.79 Å². The minimum atomic E-state index is -0.119. The highest BCUT2D eigenvalue weighted by molar-refractivity contribution is 6.30. The molecule has 3 amide bonds. The number of anilines is 1. The molecule has 5 nitrogen and oxygen atoms in total. The molecule has 1 aliphatic carbocycles. The lowest BCUT2D eigenvalue weighted by Gasteiger charge is -2.24. The van der Waals surface area contributed by atoms with Crippen LogP contribution in [0.25, 0.3) is 0 Å². The fourth-order valence-corrected chi connectivity index (χ4v) is 3.41. The van der Waals surface area contributed by atoms with E-state index in [-0.39, 0.29) is 24.5 Å². The Labute approximate surface area is 141 Å². The molecule has 6 heteroatoms. The van der Waals surface area contributed by atoms with Crippen LogP contribution in [0, 0.1) is 0 Å². The monoisotopic (exact) mass is 335 g/mol. The van der Waals surface area contributed by atoms with Gasteiger partial charge in [-0.25, -0.2) is 4.79 Å². The van der Waals surface area contributed by atoms with E-state index >= 15 is 0 Å². The SMILES string of the molecule is O=C(CN1CCN(c2ccc(Cl)cc2)C1=O)NC1CCCCC1. The van der Waals surface area contributed by atoms with Gasteiger partial charge in [0.25, 0.3) is 0 Å². The van der Waals surface area contributed by atoms with Crippen molar-refractivity contribution in [2.45, 2.75) is 38.1 Å². The fraction of sp³-hybridized carbons (Fsp3) is 0.529. The Morgan fingerprint density at radius 3 is 2.52 bits per heavy atom. The standard InChI is InChI=1S/C17H22ClN3O2/c18-13-6-8-15(9-7-13)21-11-10-20(17(21)23)12-16(22)19-14-4-2-1-3-5-14/h6-9,14H,1-5,10-12H2,(H,19,22). The van der Waals surface area contributed by atoms with Gasteiger partial charge in [-0.2, -0.15) is 0 Å². The zero-order valence-corrected chi connectivity index (χ0v) is 13.9. The predicted octanol–water partition coefficient (Wildman–Crippen LogP) is 3.03. The topological polar surface area (TPSA) is 52.7 Å². The highest BCUT2D eigenvalue weighted by Gasteiger charge is 2.31. The molecular weight excluding hydrogens is 314 g/mol. The number of carbonyl (C=O) groups is 2. The maximum atomic E-state index is 12.5. The Kier molecular flexibility index (Phi) is 5.06. The highest BCUT2D eigenvalue weighted by atomic mass is 35.5. The van der Waals surface area contributed by atoms with Crippen molar-refractivity contribution in [3.8, 4) is 0 Å². The van der Waals surface area contributed by atoms with E-state index in [1.165, 1.54) is 19.3 Å². The van der Waals surface area contributed by atoms with Gasteiger partial charge in [0, 0.05) is 29.8 Å². The second-order valence-electron chi connectivity index (χ2n) is 6.23. The molecule has 0 radical (unpaired) electrons. The summed E-state index contributed by atoms with van der Waals surface area (Å²) in [5, 5.41) is 3.70. The molecule has 23 heavy (non-hydrogen) atoms. The number of amides is 3. The Hall–Kier alpha value is -1.75. The van der Waals surface area contributed by atoms with Crippen LogP contribution >= 0.6 is 11.6 Å². The van der Waals surface area contributed by atoms with Crippen molar-refractivity contribution in [2.75, 3.05) is 24.5 Å². The summed E-state index contributed by atoms with van der Waals surface area (Å²) >= 11 is 5.88. The minimum absolute atomic E-state index is 0.0526. The van der Waals surface area contributed by atoms with E-state index in [4.69, 9.17) is 11.6 Å². The normalized spacial score (nSPS) is 19.3. The summed E-state index contributed by atoms with van der Waals surface area (Å²) in [5.74, 6) is -0.0526. The van der Waals surface area contributed by atoms with Crippen molar-refractivity contribution in [1.82, 2.24) is 10.2 Å². The molecule has 2 aliphatic rings. The first-order chi connectivity index (χ1) is 11.1. The maximum Gasteiger partial charge on any atom is 0.325 e. The summed E-state index contributed by atoms with van der Waals surface area (Å²) in [7, 11) is 0. The molecule has 1 saturated carbocycles. The van der Waals surface area contributed by atoms with Crippen LogP contribution in [0.2, 0.25) is 5.02 Å². The molecule has 0 atom stereocenters. The largest absolute Gasteiger partial charge is 0.352 e. The zero-order chi connectivity index (χ0) is 16.2. The predicted molar refractivity (Wildman–Crippen MR) is 90.8 cm³/mol. The van der Waals surface area contributed by atoms with E-state index < -0.39 is 0 Å². The smallest absolute Gasteiger partial charge is 0.325 e. The summed E-state index contributed by atoms with van der Waals surface area (Å²) in [5.41, 5.74) is 0.814. The number of halogens is 1. The lowest BCUT2D eigenvalue weighted by Crippen LogP contribution is -2.44. The Morgan fingerprint density at radius 1 is 1.13 bits per heavy atom. The maximum absolute atomic E-state index is 12.5. The summed E-state index contributed by atoms with van der Waals surface area (Å²) in [4.78, 5) is 27.9. The van der Waals surface area contributed by atoms with Gasteiger partial charge < -0.3 is 10.2 Å². The Morgan fingerprint density at radius 2 is 1.83 bits per heavy atom. The number of nitrogens with one attached hydrogen (secondary N) is 1. The summed E-state index contributed by atoms with van der Waals surface area (Å²) < 4.78 is 0. The first-order valence-electron chi connectivity index (χ1n) is 8.25. The second kappa shape index (κ2) is 7.21. The summed E-state index contributed by atoms with van der Waals surface area (Å²) in [6, 6.07) is 7.34. The first-order valence-corrected chi connectivity index (χ1v) is 8.62. The van der Waals surface area contributed by atoms with Crippen LogP contribution in [0.4, 0.5) is 10.5 Å². The van der Waals surface area contributed by atoms with Gasteiger partial charge in [0.1, 0.15) is 6.54 Å². The molecule has 0 aromatic heterocycles. The van der Waals surface area contributed by atoms with Gasteiger partial charge in [0.2, 0.25) is 5.91 Å². The van der Waals surface area contributed by atoms with Gasteiger partial charge in [0.15, 0.2) is 0 Å². The van der Waals surface area contributed by atoms with Crippen LogP contribution in [0.5, 0.6) is 0 Å². The number of rotatable bonds is 4. The van der Waals surface area contributed by atoms with E-state index in [1.54, 1.807) is 21.9 Å². The minimum Gasteiger partial charge on any atom is -0.352 e. The Balaban J connectivity index is 1.54. The zero-order valence-electron chi connectivity index (χ0n) is 13.1. The third-order valence-electron chi connectivity index (χ3n) is 4.54. The second-order valence-corrected chi connectivity index (χ2v) is 6.67. The molecule has 1 aliphatic heterocycles. The van der Waals surface area contributed by atoms with Crippen molar-refractivity contribution < 1.29 is 9.59 Å². The molecule has 124 valence electrons. The van der Waals surface area contributed by atoms with Gasteiger partial charge in [-0.1, -0.05) is 30.9 Å². The summed E-state index contributed by atoms with van der Waals surface area (Å²) in [6.07, 6.45) is 5.72. The van der Waals surface area contributed by atoms with Crippen LogP contribution in [0.3, 0.4) is 0 Å². The molecular formula is C17H22ClN3O2. The van der Waals surface area contributed by atoms with E-state index in [0.29, 0.717) is 18.1 Å². The average molecular weight is 336 g/mol. The van der Waals surface area contributed by atoms with Gasteiger partial charge in [0.05, 0.1) is 0 Å². The van der Waals surface area contributed by atoms with Gasteiger partial charge in [-0.05, 0) is 37.1 Å². The number of carbonyl (C=O) groups excluding carboxylic acids is 2. The summed E-state index contributed by atoms with van der Waals surface area (Å²) in [6.45, 7) is 1.30. The lowest BCUT2D eigenvalue weighted by molar-refractivity contribution is -0.122. The number of hydrogen-bond donors (Lipinski definition) is 1. The average Bonchev–Trinajstić information content (AvgIpc) is 2.90. The number of nitrogens with zero attached hydrogens (tertiary/aromatic N) is 2. The number of hydrogen-bond acceptors (Lipinski definition) is 2. The van der Waals surface area contributed by atoms with Gasteiger partial charge >= 0.3 is 6.03 Å².